The van der Waals surface area contributed by atoms with Gasteiger partial charge in [-0.1, -0.05) is 12.1 Å². The second kappa shape index (κ2) is 9.21. The van der Waals surface area contributed by atoms with Gasteiger partial charge in [-0.05, 0) is 54.7 Å². The summed E-state index contributed by atoms with van der Waals surface area (Å²) >= 11 is 0. The third-order valence-corrected chi connectivity index (χ3v) is 5.32. The molecule has 0 aliphatic heterocycles. The normalized spacial score (nSPS) is 13.0. The van der Waals surface area contributed by atoms with Gasteiger partial charge in [0.05, 0.1) is 16.9 Å². The number of amides is 2. The van der Waals surface area contributed by atoms with Crippen LogP contribution < -0.4 is 10.2 Å². The Morgan fingerprint density at radius 3 is 2.47 bits per heavy atom. The predicted octanol–water partition coefficient (Wildman–Crippen LogP) is 4.11. The molecule has 2 heterocycles. The minimum Gasteiger partial charge on any atom is -0.348 e. The first-order valence-corrected chi connectivity index (χ1v) is 10.3. The molecule has 1 saturated carbocycles. The van der Waals surface area contributed by atoms with Crippen molar-refractivity contribution in [2.45, 2.75) is 26.3 Å². The van der Waals surface area contributed by atoms with Crippen LogP contribution in [0.3, 0.4) is 0 Å². The lowest BCUT2D eigenvalue weighted by Gasteiger charge is -2.22. The molecular formula is C24H22F2N4O2. The molecule has 1 aliphatic rings. The van der Waals surface area contributed by atoms with Gasteiger partial charge in [0.25, 0.3) is 5.91 Å². The molecule has 0 radical (unpaired) electrons. The number of carbonyl (C=O) groups excluding carboxylic acids is 2. The molecule has 2 amide bonds. The highest BCUT2D eigenvalue weighted by Crippen LogP contribution is 2.33. The Labute approximate surface area is 184 Å². The Kier molecular flexibility index (Phi) is 6.20. The Morgan fingerprint density at radius 2 is 1.88 bits per heavy atom. The summed E-state index contributed by atoms with van der Waals surface area (Å²) in [6.07, 6.45) is 4.89. The summed E-state index contributed by atoms with van der Waals surface area (Å²) in [5.41, 5.74) is 2.32. The number of rotatable bonds is 7. The van der Waals surface area contributed by atoms with Crippen molar-refractivity contribution in [2.75, 3.05) is 11.4 Å². The van der Waals surface area contributed by atoms with E-state index in [0.29, 0.717) is 34.8 Å². The standard InChI is InChI=1S/C24H22F2N4O2/c1-15(31)30(14-16-2-3-16)22-8-6-18(10-20(22)25)21-7-5-19(13-27-21)24(32)29-12-17-4-9-23(26)28-11-17/h4-11,13,16H,2-3,12,14H2,1H3,(H,29,32). The molecule has 3 aromatic rings. The van der Waals surface area contributed by atoms with Crippen LogP contribution in [0.15, 0.2) is 54.9 Å². The topological polar surface area (TPSA) is 75.2 Å². The van der Waals surface area contributed by atoms with E-state index in [9.17, 15) is 18.4 Å². The number of carbonyl (C=O) groups is 2. The first-order chi connectivity index (χ1) is 15.4. The van der Waals surface area contributed by atoms with Gasteiger partial charge in [0.2, 0.25) is 11.9 Å². The third-order valence-electron chi connectivity index (χ3n) is 5.32. The largest absolute Gasteiger partial charge is 0.348 e. The fourth-order valence-electron chi connectivity index (χ4n) is 3.33. The van der Waals surface area contributed by atoms with Crippen LogP contribution >= 0.6 is 0 Å². The maximum atomic E-state index is 14.8. The van der Waals surface area contributed by atoms with Gasteiger partial charge in [0, 0.05) is 38.0 Å². The van der Waals surface area contributed by atoms with Crippen molar-refractivity contribution in [3.63, 3.8) is 0 Å². The van der Waals surface area contributed by atoms with Crippen LogP contribution in [0.4, 0.5) is 14.5 Å². The number of halogens is 2. The van der Waals surface area contributed by atoms with E-state index in [1.54, 1.807) is 30.3 Å². The van der Waals surface area contributed by atoms with E-state index in [-0.39, 0.29) is 24.0 Å². The van der Waals surface area contributed by atoms with Gasteiger partial charge in [-0.15, -0.1) is 0 Å². The zero-order chi connectivity index (χ0) is 22.7. The Balaban J connectivity index is 1.43. The molecule has 0 spiro atoms. The molecule has 2 aromatic heterocycles. The van der Waals surface area contributed by atoms with Gasteiger partial charge in [0.1, 0.15) is 5.82 Å². The highest BCUT2D eigenvalue weighted by Gasteiger charge is 2.27. The van der Waals surface area contributed by atoms with E-state index < -0.39 is 11.8 Å². The molecule has 32 heavy (non-hydrogen) atoms. The van der Waals surface area contributed by atoms with Gasteiger partial charge in [-0.25, -0.2) is 9.37 Å². The highest BCUT2D eigenvalue weighted by atomic mass is 19.1. The minimum atomic E-state index is -0.582. The predicted molar refractivity (Wildman–Crippen MR) is 116 cm³/mol. The van der Waals surface area contributed by atoms with Gasteiger partial charge in [-0.2, -0.15) is 4.39 Å². The van der Waals surface area contributed by atoms with Crippen molar-refractivity contribution in [1.29, 1.82) is 0 Å². The second-order valence-corrected chi connectivity index (χ2v) is 7.84. The molecule has 8 heteroatoms. The van der Waals surface area contributed by atoms with Crippen LogP contribution in [0, 0.1) is 17.7 Å². The molecule has 6 nitrogen and oxygen atoms in total. The number of anilines is 1. The maximum absolute atomic E-state index is 14.8. The van der Waals surface area contributed by atoms with Crippen molar-refractivity contribution < 1.29 is 18.4 Å². The van der Waals surface area contributed by atoms with Crippen molar-refractivity contribution in [3.05, 3.63) is 77.8 Å². The van der Waals surface area contributed by atoms with Crippen molar-refractivity contribution in [2.24, 2.45) is 5.92 Å². The molecule has 0 saturated heterocycles. The lowest BCUT2D eigenvalue weighted by molar-refractivity contribution is -0.116. The zero-order valence-electron chi connectivity index (χ0n) is 17.5. The summed E-state index contributed by atoms with van der Waals surface area (Å²) in [7, 11) is 0. The zero-order valence-corrected chi connectivity index (χ0v) is 17.5. The minimum absolute atomic E-state index is 0.187. The number of nitrogens with zero attached hydrogens (tertiary/aromatic N) is 3. The first-order valence-electron chi connectivity index (χ1n) is 10.3. The molecule has 1 fully saturated rings. The number of nitrogens with one attached hydrogen (secondary N) is 1. The summed E-state index contributed by atoms with van der Waals surface area (Å²) in [6.45, 7) is 2.17. The number of benzene rings is 1. The Bertz CT molecular complexity index is 1130. The van der Waals surface area contributed by atoms with E-state index in [1.807, 2.05) is 0 Å². The van der Waals surface area contributed by atoms with E-state index >= 15 is 0 Å². The van der Waals surface area contributed by atoms with E-state index in [0.717, 1.165) is 12.8 Å². The van der Waals surface area contributed by atoms with Crippen LogP contribution in [0.2, 0.25) is 0 Å². The fraction of sp³-hybridized carbons (Fsp3) is 0.250. The molecule has 0 unspecified atom stereocenters. The average molecular weight is 436 g/mol. The number of pyridine rings is 2. The monoisotopic (exact) mass is 436 g/mol. The molecule has 0 atom stereocenters. The molecule has 0 bridgehead atoms. The van der Waals surface area contributed by atoms with E-state index in [2.05, 4.69) is 15.3 Å². The lowest BCUT2D eigenvalue weighted by atomic mass is 10.1. The Morgan fingerprint density at radius 1 is 1.06 bits per heavy atom. The van der Waals surface area contributed by atoms with Crippen LogP contribution in [0.25, 0.3) is 11.3 Å². The summed E-state index contributed by atoms with van der Waals surface area (Å²) in [4.78, 5) is 33.6. The van der Waals surface area contributed by atoms with Crippen LogP contribution in [0.5, 0.6) is 0 Å². The van der Waals surface area contributed by atoms with Crippen molar-refractivity contribution >= 4 is 17.5 Å². The second-order valence-electron chi connectivity index (χ2n) is 7.84. The summed E-state index contributed by atoms with van der Waals surface area (Å²) in [6, 6.07) is 10.7. The van der Waals surface area contributed by atoms with Crippen molar-refractivity contribution in [3.8, 4) is 11.3 Å². The van der Waals surface area contributed by atoms with Gasteiger partial charge in [0.15, 0.2) is 0 Å². The molecular weight excluding hydrogens is 414 g/mol. The first kappa shape index (κ1) is 21.5. The molecule has 1 aliphatic carbocycles. The summed E-state index contributed by atoms with van der Waals surface area (Å²) < 4.78 is 27.7. The quantitative estimate of drug-likeness (QED) is 0.566. The SMILES string of the molecule is CC(=O)N(CC1CC1)c1ccc(-c2ccc(C(=O)NCc3ccc(F)nc3)cn2)cc1F. The van der Waals surface area contributed by atoms with Crippen LogP contribution in [-0.4, -0.2) is 28.3 Å². The van der Waals surface area contributed by atoms with E-state index in [4.69, 9.17) is 0 Å². The lowest BCUT2D eigenvalue weighted by Crippen LogP contribution is -2.31. The smallest absolute Gasteiger partial charge is 0.253 e. The van der Waals surface area contributed by atoms with Gasteiger partial charge in [-0.3, -0.25) is 14.6 Å². The fourth-order valence-corrected chi connectivity index (χ4v) is 3.33. The number of hydrogen-bond donors (Lipinski definition) is 1. The van der Waals surface area contributed by atoms with Crippen LogP contribution in [0.1, 0.15) is 35.7 Å². The third kappa shape index (κ3) is 5.14. The van der Waals surface area contributed by atoms with Crippen LogP contribution in [-0.2, 0) is 11.3 Å². The Hall–Kier alpha value is -3.68. The summed E-state index contributed by atoms with van der Waals surface area (Å²) in [5.74, 6) is -1.16. The maximum Gasteiger partial charge on any atom is 0.253 e. The molecule has 1 N–H and O–H groups in total. The number of aromatic nitrogens is 2. The number of hydrogen-bond acceptors (Lipinski definition) is 4. The van der Waals surface area contributed by atoms with Gasteiger partial charge >= 0.3 is 0 Å². The molecule has 4 rings (SSSR count). The van der Waals surface area contributed by atoms with E-state index in [1.165, 1.54) is 36.4 Å². The molecule has 1 aromatic carbocycles. The van der Waals surface area contributed by atoms with Gasteiger partial charge < -0.3 is 10.2 Å². The van der Waals surface area contributed by atoms with Crippen molar-refractivity contribution in [1.82, 2.24) is 15.3 Å². The molecule has 164 valence electrons. The average Bonchev–Trinajstić information content (AvgIpc) is 3.61. The highest BCUT2D eigenvalue weighted by molar-refractivity contribution is 5.94. The summed E-state index contributed by atoms with van der Waals surface area (Å²) in [5, 5.41) is 2.72.